The van der Waals surface area contributed by atoms with Crippen molar-refractivity contribution < 1.29 is 23.5 Å². The van der Waals surface area contributed by atoms with Crippen molar-refractivity contribution in [2.75, 3.05) is 26.7 Å². The van der Waals surface area contributed by atoms with E-state index in [0.717, 1.165) is 0 Å². The number of halogens is 1. The highest BCUT2D eigenvalue weighted by Crippen LogP contribution is 2.40. The van der Waals surface area contributed by atoms with Crippen LogP contribution in [0.5, 0.6) is 11.5 Å². The first kappa shape index (κ1) is 18.6. The molecule has 0 aliphatic carbocycles. The van der Waals surface area contributed by atoms with Gasteiger partial charge in [0, 0.05) is 37.6 Å². The average Bonchev–Trinajstić information content (AvgIpc) is 2.70. The van der Waals surface area contributed by atoms with Gasteiger partial charge >= 0.3 is 0 Å². The number of carbonyl (C=O) groups excluding carboxylic acids is 2. The SMILES string of the molecule is COc1ccc2c(c1)OC1(CCN(CC(=O)c3ccc(F)cc3)CC1)CC2=O. The molecule has 0 unspecified atom stereocenters. The van der Waals surface area contributed by atoms with Crippen LogP contribution < -0.4 is 9.47 Å². The first-order valence-electron chi connectivity index (χ1n) is 9.39. The monoisotopic (exact) mass is 383 g/mol. The fourth-order valence-electron chi connectivity index (χ4n) is 3.93. The smallest absolute Gasteiger partial charge is 0.176 e. The van der Waals surface area contributed by atoms with Crippen LogP contribution in [0.4, 0.5) is 4.39 Å². The molecule has 146 valence electrons. The maximum Gasteiger partial charge on any atom is 0.176 e. The number of ketones is 2. The Labute approximate surface area is 163 Å². The van der Waals surface area contributed by atoms with Gasteiger partial charge in [-0.3, -0.25) is 14.5 Å². The maximum absolute atomic E-state index is 13.0. The number of benzene rings is 2. The highest BCUT2D eigenvalue weighted by molar-refractivity contribution is 6.00. The Bertz CT molecular complexity index is 901. The van der Waals surface area contributed by atoms with E-state index in [0.29, 0.717) is 55.0 Å². The molecular weight excluding hydrogens is 361 g/mol. The predicted molar refractivity (Wildman–Crippen MR) is 102 cm³/mol. The molecule has 28 heavy (non-hydrogen) atoms. The van der Waals surface area contributed by atoms with Gasteiger partial charge in [0.15, 0.2) is 11.6 Å². The largest absolute Gasteiger partial charge is 0.497 e. The minimum atomic E-state index is -0.522. The van der Waals surface area contributed by atoms with Gasteiger partial charge in [-0.1, -0.05) is 0 Å². The summed E-state index contributed by atoms with van der Waals surface area (Å²) in [5, 5.41) is 0. The fraction of sp³-hybridized carbons (Fsp3) is 0.364. The van der Waals surface area contributed by atoms with Gasteiger partial charge in [0.25, 0.3) is 0 Å². The number of carbonyl (C=O) groups is 2. The Morgan fingerprint density at radius 2 is 1.89 bits per heavy atom. The molecule has 6 heteroatoms. The van der Waals surface area contributed by atoms with Crippen LogP contribution in [0.3, 0.4) is 0 Å². The van der Waals surface area contributed by atoms with Crippen LogP contribution in [0.25, 0.3) is 0 Å². The number of nitrogens with zero attached hydrogens (tertiary/aromatic N) is 1. The van der Waals surface area contributed by atoms with Gasteiger partial charge in [0.2, 0.25) is 0 Å². The van der Waals surface area contributed by atoms with Crippen LogP contribution in [-0.2, 0) is 0 Å². The molecule has 4 rings (SSSR count). The molecule has 0 amide bonds. The summed E-state index contributed by atoms with van der Waals surface area (Å²) in [5.74, 6) is 0.927. The Kier molecular flexibility index (Phi) is 4.89. The van der Waals surface area contributed by atoms with E-state index in [1.807, 2.05) is 0 Å². The zero-order valence-corrected chi connectivity index (χ0v) is 15.7. The standard InChI is InChI=1S/C22H22FNO4/c1-27-17-6-7-18-19(25)13-22(28-21(18)12-17)8-10-24(11-9-22)14-20(26)15-2-4-16(23)5-3-15/h2-7,12H,8-11,13-14H2,1H3. The van der Waals surface area contributed by atoms with E-state index in [2.05, 4.69) is 4.90 Å². The van der Waals surface area contributed by atoms with E-state index in [1.165, 1.54) is 24.3 Å². The molecule has 2 aromatic rings. The number of fused-ring (bicyclic) bond motifs is 1. The first-order valence-corrected chi connectivity index (χ1v) is 9.39. The van der Waals surface area contributed by atoms with E-state index < -0.39 is 5.60 Å². The average molecular weight is 383 g/mol. The number of ether oxygens (including phenoxy) is 2. The minimum Gasteiger partial charge on any atom is -0.497 e. The summed E-state index contributed by atoms with van der Waals surface area (Å²) in [6, 6.07) is 10.9. The van der Waals surface area contributed by atoms with Crippen LogP contribution >= 0.6 is 0 Å². The molecule has 2 aliphatic rings. The van der Waals surface area contributed by atoms with Crippen molar-refractivity contribution in [3.63, 3.8) is 0 Å². The molecule has 0 N–H and O–H groups in total. The molecular formula is C22H22FNO4. The normalized spacial score (nSPS) is 18.4. The highest BCUT2D eigenvalue weighted by Gasteiger charge is 2.43. The second-order valence-corrected chi connectivity index (χ2v) is 7.45. The van der Waals surface area contributed by atoms with Crippen molar-refractivity contribution >= 4 is 11.6 Å². The lowest BCUT2D eigenvalue weighted by molar-refractivity contribution is -0.00813. The number of likely N-dealkylation sites (tertiary alicyclic amines) is 1. The molecule has 1 saturated heterocycles. The van der Waals surface area contributed by atoms with Gasteiger partial charge in [-0.05, 0) is 36.4 Å². The Morgan fingerprint density at radius 1 is 1.18 bits per heavy atom. The summed E-state index contributed by atoms with van der Waals surface area (Å²) in [4.78, 5) is 27.1. The summed E-state index contributed by atoms with van der Waals surface area (Å²) >= 11 is 0. The summed E-state index contributed by atoms with van der Waals surface area (Å²) in [6.45, 7) is 1.61. The van der Waals surface area contributed by atoms with Crippen LogP contribution in [0.1, 0.15) is 40.0 Å². The fourth-order valence-corrected chi connectivity index (χ4v) is 3.93. The molecule has 0 radical (unpaired) electrons. The minimum absolute atomic E-state index is 0.0355. The summed E-state index contributed by atoms with van der Waals surface area (Å²) in [7, 11) is 1.58. The molecule has 0 saturated carbocycles. The first-order chi connectivity index (χ1) is 13.5. The molecule has 0 atom stereocenters. The lowest BCUT2D eigenvalue weighted by Gasteiger charge is -2.43. The molecule has 0 aromatic heterocycles. The lowest BCUT2D eigenvalue weighted by Crippen LogP contribution is -2.51. The van der Waals surface area contributed by atoms with Crippen molar-refractivity contribution in [1.82, 2.24) is 4.90 Å². The summed E-state index contributed by atoms with van der Waals surface area (Å²) < 4.78 is 24.5. The van der Waals surface area contributed by atoms with Gasteiger partial charge in [-0.25, -0.2) is 4.39 Å². The van der Waals surface area contributed by atoms with Crippen LogP contribution in [-0.4, -0.2) is 48.8 Å². The Balaban J connectivity index is 1.41. The van der Waals surface area contributed by atoms with Crippen molar-refractivity contribution in [2.45, 2.75) is 24.9 Å². The van der Waals surface area contributed by atoms with E-state index in [4.69, 9.17) is 9.47 Å². The zero-order chi connectivity index (χ0) is 19.7. The molecule has 1 spiro atoms. The topological polar surface area (TPSA) is 55.8 Å². The van der Waals surface area contributed by atoms with Crippen molar-refractivity contribution in [1.29, 1.82) is 0 Å². The van der Waals surface area contributed by atoms with Crippen molar-refractivity contribution in [2.24, 2.45) is 0 Å². The molecule has 1 fully saturated rings. The van der Waals surface area contributed by atoms with E-state index in [1.54, 1.807) is 25.3 Å². The second kappa shape index (κ2) is 7.36. The third-order valence-corrected chi connectivity index (χ3v) is 5.60. The summed E-state index contributed by atoms with van der Waals surface area (Å²) in [5.41, 5.74) is 0.582. The number of hydrogen-bond acceptors (Lipinski definition) is 5. The van der Waals surface area contributed by atoms with Gasteiger partial charge in [0.1, 0.15) is 22.9 Å². The lowest BCUT2D eigenvalue weighted by atomic mass is 9.82. The van der Waals surface area contributed by atoms with E-state index in [9.17, 15) is 14.0 Å². The van der Waals surface area contributed by atoms with Gasteiger partial charge < -0.3 is 9.47 Å². The number of hydrogen-bond donors (Lipinski definition) is 0. The van der Waals surface area contributed by atoms with E-state index >= 15 is 0 Å². The zero-order valence-electron chi connectivity index (χ0n) is 15.7. The number of rotatable bonds is 4. The van der Waals surface area contributed by atoms with Crippen LogP contribution in [0, 0.1) is 5.82 Å². The number of Topliss-reactive ketones (excluding diaryl/α,β-unsaturated/α-hetero) is 2. The second-order valence-electron chi connectivity index (χ2n) is 7.45. The van der Waals surface area contributed by atoms with Gasteiger partial charge in [-0.2, -0.15) is 0 Å². The van der Waals surface area contributed by atoms with Gasteiger partial charge in [-0.15, -0.1) is 0 Å². The number of methoxy groups -OCH3 is 1. The molecule has 2 heterocycles. The van der Waals surface area contributed by atoms with E-state index in [-0.39, 0.29) is 23.9 Å². The highest BCUT2D eigenvalue weighted by atomic mass is 19.1. The molecule has 0 bridgehead atoms. The Hall–Kier alpha value is -2.73. The van der Waals surface area contributed by atoms with Crippen LogP contribution in [0.2, 0.25) is 0 Å². The third-order valence-electron chi connectivity index (χ3n) is 5.60. The quantitative estimate of drug-likeness (QED) is 0.756. The summed E-state index contributed by atoms with van der Waals surface area (Å²) in [6.07, 6.45) is 1.70. The van der Waals surface area contributed by atoms with Gasteiger partial charge in [0.05, 0.1) is 25.6 Å². The maximum atomic E-state index is 13.0. The molecule has 5 nitrogen and oxygen atoms in total. The molecule has 2 aromatic carbocycles. The Morgan fingerprint density at radius 3 is 2.57 bits per heavy atom. The molecule has 2 aliphatic heterocycles. The number of piperidine rings is 1. The predicted octanol–water partition coefficient (Wildman–Crippen LogP) is 3.52. The van der Waals surface area contributed by atoms with Crippen LogP contribution in [0.15, 0.2) is 42.5 Å². The van der Waals surface area contributed by atoms with Crippen molar-refractivity contribution in [3.05, 3.63) is 59.4 Å². The third kappa shape index (κ3) is 3.64. The van der Waals surface area contributed by atoms with Crippen molar-refractivity contribution in [3.8, 4) is 11.5 Å².